The number of rotatable bonds is 6. The minimum Gasteiger partial charge on any atom is -0.459 e. The van der Waals surface area contributed by atoms with Crippen LogP contribution in [-0.4, -0.2) is 79.4 Å². The van der Waals surface area contributed by atoms with E-state index in [9.17, 15) is 4.79 Å². The van der Waals surface area contributed by atoms with Gasteiger partial charge in [-0.05, 0) is 25.2 Å². The number of thiazole rings is 1. The fraction of sp³-hybridized carbons (Fsp3) is 0.571. The van der Waals surface area contributed by atoms with Crippen molar-refractivity contribution in [1.29, 1.82) is 0 Å². The highest BCUT2D eigenvalue weighted by Gasteiger charge is 2.26. The Morgan fingerprint density at radius 1 is 1.16 bits per heavy atom. The third-order valence-electron chi connectivity index (χ3n) is 5.38. The van der Waals surface area contributed by atoms with E-state index in [0.29, 0.717) is 11.4 Å². The zero-order chi connectivity index (χ0) is 21.8. The summed E-state index contributed by atoms with van der Waals surface area (Å²) in [5.41, 5.74) is 0.548. The number of hydrogen-bond acceptors (Lipinski definition) is 9. The quantitative estimate of drug-likeness (QED) is 0.474. The lowest BCUT2D eigenvalue weighted by Crippen LogP contribution is -2.47. The van der Waals surface area contributed by atoms with Crippen molar-refractivity contribution in [2.75, 3.05) is 62.3 Å². The summed E-state index contributed by atoms with van der Waals surface area (Å²) in [5, 5.41) is 1.91. The van der Waals surface area contributed by atoms with Gasteiger partial charge in [0.2, 0.25) is 0 Å². The second-order valence-electron chi connectivity index (χ2n) is 8.02. The van der Waals surface area contributed by atoms with Crippen molar-refractivity contribution in [2.45, 2.75) is 26.5 Å². The molecule has 0 radical (unpaired) electrons. The van der Waals surface area contributed by atoms with Gasteiger partial charge in [-0.3, -0.25) is 4.90 Å². The Labute approximate surface area is 189 Å². The predicted octanol–water partition coefficient (Wildman–Crippen LogP) is 1.76. The summed E-state index contributed by atoms with van der Waals surface area (Å²) in [6.07, 6.45) is 3.59. The first-order chi connectivity index (χ1) is 15.0. The zero-order valence-corrected chi connectivity index (χ0v) is 20.1. The van der Waals surface area contributed by atoms with E-state index in [2.05, 4.69) is 33.9 Å². The molecule has 0 N–H and O–H groups in total. The Morgan fingerprint density at radius 2 is 1.90 bits per heavy atom. The van der Waals surface area contributed by atoms with Gasteiger partial charge < -0.3 is 19.3 Å². The van der Waals surface area contributed by atoms with Gasteiger partial charge in [-0.15, -0.1) is 20.6 Å². The maximum Gasteiger partial charge on any atom is 0.342 e. The third kappa shape index (κ3) is 5.52. The molecule has 2 aromatic rings. The molecule has 168 valence electrons. The number of carbonyl (C=O) groups is 1. The van der Waals surface area contributed by atoms with Crippen LogP contribution in [0, 0.1) is 0 Å². The number of morpholine rings is 1. The van der Waals surface area contributed by atoms with Gasteiger partial charge in [-0.1, -0.05) is 0 Å². The number of anilines is 2. The van der Waals surface area contributed by atoms with E-state index in [1.54, 1.807) is 17.5 Å². The molecule has 0 spiro atoms. The van der Waals surface area contributed by atoms with Crippen molar-refractivity contribution in [2.24, 2.45) is 0 Å². The number of hydrogen-bond donors (Lipinski definition) is 0. The Bertz CT molecular complexity index is 895. The first kappa shape index (κ1) is 22.4. The molecule has 2 aliphatic heterocycles. The molecule has 4 rings (SSSR count). The molecule has 0 aliphatic carbocycles. The molecule has 4 heterocycles. The summed E-state index contributed by atoms with van der Waals surface area (Å²) >= 11 is 1.77. The van der Waals surface area contributed by atoms with Gasteiger partial charge in [0.1, 0.15) is 11.4 Å². The fourth-order valence-electron chi connectivity index (χ4n) is 3.80. The minimum atomic E-state index is -0.314. The highest BCUT2D eigenvalue weighted by atomic mass is 32.1. The normalized spacial score (nSPS) is 17.9. The topological polar surface area (TPSA) is 71.0 Å². The number of ether oxygens (including phenoxy) is 2. The average molecular weight is 464 g/mol. The van der Waals surface area contributed by atoms with Crippen LogP contribution < -0.4 is 15.1 Å². The molecule has 10 heteroatoms. The zero-order valence-electron chi connectivity index (χ0n) is 18.1. The van der Waals surface area contributed by atoms with Crippen molar-refractivity contribution < 1.29 is 14.3 Å². The van der Waals surface area contributed by atoms with Crippen LogP contribution >= 0.6 is 20.6 Å². The summed E-state index contributed by atoms with van der Waals surface area (Å²) in [5.74, 6) is 0.399. The molecule has 8 nitrogen and oxygen atoms in total. The summed E-state index contributed by atoms with van der Waals surface area (Å²) < 4.78 is 10.9. The Morgan fingerprint density at radius 3 is 2.61 bits per heavy atom. The van der Waals surface area contributed by atoms with Crippen LogP contribution in [0.15, 0.2) is 18.5 Å². The second-order valence-corrected chi connectivity index (χ2v) is 9.74. The van der Waals surface area contributed by atoms with Crippen molar-refractivity contribution in [1.82, 2.24) is 14.9 Å². The highest BCUT2D eigenvalue weighted by Crippen LogP contribution is 2.26. The molecule has 1 atom stereocenters. The lowest BCUT2D eigenvalue weighted by molar-refractivity contribution is 0.0380. The molecule has 0 bridgehead atoms. The van der Waals surface area contributed by atoms with Crippen LogP contribution in [-0.2, 0) is 16.0 Å². The Hall–Kier alpha value is -1.80. The molecule has 0 amide bonds. The van der Waals surface area contributed by atoms with Crippen LogP contribution in [0.5, 0.6) is 0 Å². The number of aromatic nitrogens is 2. The van der Waals surface area contributed by atoms with Gasteiger partial charge in [0, 0.05) is 63.1 Å². The molecular formula is C21H30N5O3PS. The van der Waals surface area contributed by atoms with E-state index < -0.39 is 0 Å². The van der Waals surface area contributed by atoms with Gasteiger partial charge in [0.05, 0.1) is 19.3 Å². The Balaban J connectivity index is 1.37. The maximum atomic E-state index is 12.6. The van der Waals surface area contributed by atoms with Crippen LogP contribution in [0.25, 0.3) is 0 Å². The van der Waals surface area contributed by atoms with E-state index in [0.717, 1.165) is 69.5 Å². The van der Waals surface area contributed by atoms with Gasteiger partial charge >= 0.3 is 5.97 Å². The summed E-state index contributed by atoms with van der Waals surface area (Å²) in [6.45, 7) is 11.4. The summed E-state index contributed by atoms with van der Waals surface area (Å²) in [7, 11) is 2.63. The monoisotopic (exact) mass is 463 g/mol. The van der Waals surface area contributed by atoms with Gasteiger partial charge in [0.15, 0.2) is 5.13 Å². The van der Waals surface area contributed by atoms with Crippen molar-refractivity contribution in [3.05, 3.63) is 28.9 Å². The first-order valence-corrected chi connectivity index (χ1v) is 12.1. The molecule has 2 aliphatic rings. The van der Waals surface area contributed by atoms with Crippen LogP contribution in [0.1, 0.15) is 29.1 Å². The van der Waals surface area contributed by atoms with E-state index in [1.165, 1.54) is 4.88 Å². The predicted molar refractivity (Wildman–Crippen MR) is 127 cm³/mol. The molecule has 2 aromatic heterocycles. The first-order valence-electron chi connectivity index (χ1n) is 10.7. The third-order valence-corrected chi connectivity index (χ3v) is 6.91. The van der Waals surface area contributed by atoms with E-state index >= 15 is 0 Å². The number of pyridine rings is 1. The van der Waals surface area contributed by atoms with E-state index in [-0.39, 0.29) is 12.1 Å². The van der Waals surface area contributed by atoms with Crippen molar-refractivity contribution >= 4 is 42.8 Å². The fourth-order valence-corrected chi connectivity index (χ4v) is 5.13. The molecule has 0 aromatic carbocycles. The molecule has 2 saturated heterocycles. The standard InChI is InChI=1S/C21H30N5O3PS/c1-15(2)29-20(27)18-17(30)3-4-22-19(18)25-7-5-24(6-8-25)14-16-13-23-21(31-16)26-9-11-28-12-10-26/h3-4,13,15H,5-12,14,30H2,1-2H3. The van der Waals surface area contributed by atoms with Crippen LogP contribution in [0.3, 0.4) is 0 Å². The average Bonchev–Trinajstić information content (AvgIpc) is 3.23. The molecule has 1 unspecified atom stereocenters. The minimum absolute atomic E-state index is 0.163. The summed E-state index contributed by atoms with van der Waals surface area (Å²) in [4.78, 5) is 30.0. The number of carbonyl (C=O) groups excluding carboxylic acids is 1. The lowest BCUT2D eigenvalue weighted by Gasteiger charge is -2.36. The highest BCUT2D eigenvalue weighted by molar-refractivity contribution is 7.27. The number of piperazine rings is 1. The largest absolute Gasteiger partial charge is 0.459 e. The molecule has 2 fully saturated rings. The van der Waals surface area contributed by atoms with E-state index in [4.69, 9.17) is 9.47 Å². The lowest BCUT2D eigenvalue weighted by atomic mass is 10.2. The SMILES string of the molecule is CC(C)OC(=O)c1c(P)ccnc1N1CCN(Cc2cnc(N3CCOCC3)s2)CC1. The number of nitrogens with zero attached hydrogens (tertiary/aromatic N) is 5. The Kier molecular flexibility index (Phi) is 7.38. The van der Waals surface area contributed by atoms with Gasteiger partial charge in [-0.25, -0.2) is 14.8 Å². The molecule has 0 saturated carbocycles. The van der Waals surface area contributed by atoms with Gasteiger partial charge in [-0.2, -0.15) is 0 Å². The molecule has 31 heavy (non-hydrogen) atoms. The maximum absolute atomic E-state index is 12.6. The smallest absolute Gasteiger partial charge is 0.342 e. The van der Waals surface area contributed by atoms with Crippen LogP contribution in [0.4, 0.5) is 10.9 Å². The van der Waals surface area contributed by atoms with E-state index in [1.807, 2.05) is 26.1 Å². The van der Waals surface area contributed by atoms with Gasteiger partial charge in [0.25, 0.3) is 0 Å². The van der Waals surface area contributed by atoms with Crippen molar-refractivity contribution in [3.63, 3.8) is 0 Å². The second kappa shape index (κ2) is 10.2. The van der Waals surface area contributed by atoms with Crippen LogP contribution in [0.2, 0.25) is 0 Å². The molecular weight excluding hydrogens is 433 g/mol. The van der Waals surface area contributed by atoms with Crippen molar-refractivity contribution in [3.8, 4) is 0 Å². The number of esters is 1. The summed E-state index contributed by atoms with van der Waals surface area (Å²) in [6, 6.07) is 1.83.